The van der Waals surface area contributed by atoms with Crippen molar-refractivity contribution < 1.29 is 0 Å². The molecule has 0 unspecified atom stereocenters. The third-order valence-electron chi connectivity index (χ3n) is 5.50. The van der Waals surface area contributed by atoms with Crippen LogP contribution in [0.15, 0.2) is 54.9 Å². The second-order valence-corrected chi connectivity index (χ2v) is 7.34. The molecule has 29 heavy (non-hydrogen) atoms. The van der Waals surface area contributed by atoms with Gasteiger partial charge < -0.3 is 9.88 Å². The fourth-order valence-corrected chi connectivity index (χ4v) is 3.87. The first kappa shape index (κ1) is 17.5. The van der Waals surface area contributed by atoms with Crippen LogP contribution in [0.1, 0.15) is 24.6 Å². The van der Waals surface area contributed by atoms with Crippen LogP contribution in [0.4, 0.5) is 5.95 Å². The Morgan fingerprint density at radius 3 is 2.45 bits per heavy atom. The van der Waals surface area contributed by atoms with Crippen molar-refractivity contribution in [1.82, 2.24) is 35.2 Å². The van der Waals surface area contributed by atoms with Crippen molar-refractivity contribution in [1.29, 1.82) is 0 Å². The van der Waals surface area contributed by atoms with Gasteiger partial charge in [-0.05, 0) is 35.4 Å². The van der Waals surface area contributed by atoms with E-state index in [9.17, 15) is 0 Å². The summed E-state index contributed by atoms with van der Waals surface area (Å²) in [5.41, 5.74) is 4.15. The molecule has 0 spiro atoms. The highest BCUT2D eigenvalue weighted by molar-refractivity contribution is 5.64. The maximum Gasteiger partial charge on any atom is 0.245 e. The van der Waals surface area contributed by atoms with Crippen LogP contribution in [-0.2, 0) is 7.05 Å². The topological polar surface area (TPSA) is 88.4 Å². The van der Waals surface area contributed by atoms with E-state index in [0.29, 0.717) is 5.92 Å². The number of piperidine rings is 1. The Hall–Kier alpha value is -3.55. The Balaban J connectivity index is 1.27. The monoisotopic (exact) mass is 386 g/mol. The van der Waals surface area contributed by atoms with Crippen molar-refractivity contribution in [2.45, 2.75) is 18.8 Å². The van der Waals surface area contributed by atoms with Crippen LogP contribution < -0.4 is 4.90 Å². The number of tetrazole rings is 1. The predicted molar refractivity (Wildman–Crippen MR) is 110 cm³/mol. The van der Waals surface area contributed by atoms with Crippen LogP contribution in [0, 0.1) is 0 Å². The molecule has 146 valence electrons. The molecule has 8 heteroatoms. The number of imidazole rings is 1. The lowest BCUT2D eigenvalue weighted by molar-refractivity contribution is 0.479. The minimum atomic E-state index is 0.415. The molecule has 0 saturated carbocycles. The van der Waals surface area contributed by atoms with Crippen molar-refractivity contribution in [3.05, 3.63) is 60.7 Å². The van der Waals surface area contributed by atoms with E-state index in [0.717, 1.165) is 60.2 Å². The standard InChI is InChI=1S/C21H22N8/c1-28-21(25-26-27-28)29-11-9-16(10-12-29)20-23-14-19(24-20)17-7-8-18(22-13-17)15-5-3-2-4-6-15/h2-8,13-14,16H,9-12H2,1H3,(H,23,24). The van der Waals surface area contributed by atoms with E-state index < -0.39 is 0 Å². The zero-order valence-corrected chi connectivity index (χ0v) is 16.2. The minimum absolute atomic E-state index is 0.415. The Bertz CT molecular complexity index is 1080. The number of hydrogen-bond acceptors (Lipinski definition) is 6. The Kier molecular flexibility index (Phi) is 4.51. The molecule has 1 fully saturated rings. The van der Waals surface area contributed by atoms with Crippen molar-refractivity contribution in [3.8, 4) is 22.5 Å². The van der Waals surface area contributed by atoms with E-state index in [4.69, 9.17) is 0 Å². The van der Waals surface area contributed by atoms with E-state index in [2.05, 4.69) is 59.6 Å². The zero-order chi connectivity index (χ0) is 19.6. The molecule has 4 aromatic rings. The van der Waals surface area contributed by atoms with Crippen LogP contribution in [-0.4, -0.2) is 48.2 Å². The third-order valence-corrected chi connectivity index (χ3v) is 5.50. The number of nitrogens with one attached hydrogen (secondary N) is 1. The number of H-pyrrole nitrogens is 1. The molecule has 1 aromatic carbocycles. The fraction of sp³-hybridized carbons (Fsp3) is 0.286. The number of hydrogen-bond donors (Lipinski definition) is 1. The highest BCUT2D eigenvalue weighted by Gasteiger charge is 2.25. The summed E-state index contributed by atoms with van der Waals surface area (Å²) in [4.78, 5) is 15.0. The van der Waals surface area contributed by atoms with Crippen molar-refractivity contribution in [2.24, 2.45) is 7.05 Å². The number of anilines is 1. The maximum atomic E-state index is 4.65. The van der Waals surface area contributed by atoms with Gasteiger partial charge in [0, 0.05) is 43.4 Å². The van der Waals surface area contributed by atoms with Gasteiger partial charge in [-0.15, -0.1) is 0 Å². The van der Waals surface area contributed by atoms with Gasteiger partial charge in [0.25, 0.3) is 0 Å². The molecule has 1 saturated heterocycles. The summed E-state index contributed by atoms with van der Waals surface area (Å²) in [5, 5.41) is 11.8. The SMILES string of the molecule is Cn1nnnc1N1CCC(c2ncc(-c3ccc(-c4ccccc4)nc3)[nH]2)CC1. The Labute approximate surface area is 168 Å². The largest absolute Gasteiger partial charge is 0.342 e. The second kappa shape index (κ2) is 7.46. The van der Waals surface area contributed by atoms with Gasteiger partial charge in [-0.25, -0.2) is 9.67 Å². The van der Waals surface area contributed by atoms with Crippen molar-refractivity contribution in [3.63, 3.8) is 0 Å². The first-order valence-corrected chi connectivity index (χ1v) is 9.82. The molecule has 4 heterocycles. The molecule has 8 nitrogen and oxygen atoms in total. The van der Waals surface area contributed by atoms with Gasteiger partial charge in [0.1, 0.15) is 5.82 Å². The summed E-state index contributed by atoms with van der Waals surface area (Å²) in [6.45, 7) is 1.84. The Morgan fingerprint density at radius 2 is 1.76 bits per heavy atom. The molecule has 0 radical (unpaired) electrons. The van der Waals surface area contributed by atoms with Gasteiger partial charge in [0.15, 0.2) is 0 Å². The van der Waals surface area contributed by atoms with Crippen molar-refractivity contribution >= 4 is 5.95 Å². The summed E-state index contributed by atoms with van der Waals surface area (Å²) in [7, 11) is 1.87. The normalized spacial score (nSPS) is 15.0. The molecular weight excluding hydrogens is 364 g/mol. The number of rotatable bonds is 4. The van der Waals surface area contributed by atoms with Gasteiger partial charge in [-0.1, -0.05) is 35.4 Å². The van der Waals surface area contributed by atoms with Crippen LogP contribution in [0.2, 0.25) is 0 Å². The quantitative estimate of drug-likeness (QED) is 0.580. The zero-order valence-electron chi connectivity index (χ0n) is 16.2. The molecule has 5 rings (SSSR count). The molecule has 0 amide bonds. The lowest BCUT2D eigenvalue weighted by Gasteiger charge is -2.30. The summed E-state index contributed by atoms with van der Waals surface area (Å²) < 4.78 is 1.72. The molecular formula is C21H22N8. The van der Waals surface area contributed by atoms with Crippen LogP contribution in [0.5, 0.6) is 0 Å². The van der Waals surface area contributed by atoms with Crippen LogP contribution in [0.25, 0.3) is 22.5 Å². The summed E-state index contributed by atoms with van der Waals surface area (Å²) in [5.74, 6) is 2.29. The summed E-state index contributed by atoms with van der Waals surface area (Å²) in [6.07, 6.45) is 5.85. The average Bonchev–Trinajstić information content (AvgIpc) is 3.44. The van der Waals surface area contributed by atoms with Gasteiger partial charge >= 0.3 is 0 Å². The molecule has 0 bridgehead atoms. The van der Waals surface area contributed by atoms with E-state index >= 15 is 0 Å². The highest BCUT2D eigenvalue weighted by atomic mass is 15.6. The van der Waals surface area contributed by atoms with E-state index in [1.165, 1.54) is 0 Å². The van der Waals surface area contributed by atoms with Crippen LogP contribution in [0.3, 0.4) is 0 Å². The number of nitrogens with zero attached hydrogens (tertiary/aromatic N) is 7. The van der Waals surface area contributed by atoms with Gasteiger partial charge in [0.05, 0.1) is 17.6 Å². The second-order valence-electron chi connectivity index (χ2n) is 7.34. The van der Waals surface area contributed by atoms with E-state index in [-0.39, 0.29) is 0 Å². The molecule has 0 aliphatic carbocycles. The van der Waals surface area contributed by atoms with Crippen LogP contribution >= 0.6 is 0 Å². The average molecular weight is 386 g/mol. The van der Waals surface area contributed by atoms with E-state index in [1.54, 1.807) is 4.68 Å². The number of benzene rings is 1. The molecule has 0 atom stereocenters. The first-order chi connectivity index (χ1) is 14.3. The maximum absolute atomic E-state index is 4.65. The summed E-state index contributed by atoms with van der Waals surface area (Å²) in [6, 6.07) is 14.4. The van der Waals surface area contributed by atoms with Gasteiger partial charge in [0.2, 0.25) is 5.95 Å². The van der Waals surface area contributed by atoms with Gasteiger partial charge in [-0.3, -0.25) is 4.98 Å². The summed E-state index contributed by atoms with van der Waals surface area (Å²) >= 11 is 0. The lowest BCUT2D eigenvalue weighted by Crippen LogP contribution is -2.35. The van der Waals surface area contributed by atoms with Gasteiger partial charge in [-0.2, -0.15) is 0 Å². The fourth-order valence-electron chi connectivity index (χ4n) is 3.87. The number of pyridine rings is 1. The highest BCUT2D eigenvalue weighted by Crippen LogP contribution is 2.29. The molecule has 3 aromatic heterocycles. The minimum Gasteiger partial charge on any atom is -0.342 e. The predicted octanol–water partition coefficient (Wildman–Crippen LogP) is 3.05. The lowest BCUT2D eigenvalue weighted by atomic mass is 9.96. The number of aromatic nitrogens is 7. The first-order valence-electron chi connectivity index (χ1n) is 9.82. The molecule has 1 N–H and O–H groups in total. The number of aromatic amines is 1. The Morgan fingerprint density at radius 1 is 0.931 bits per heavy atom. The number of aryl methyl sites for hydroxylation is 1. The van der Waals surface area contributed by atoms with Crippen molar-refractivity contribution in [2.75, 3.05) is 18.0 Å². The van der Waals surface area contributed by atoms with E-state index in [1.807, 2.05) is 37.6 Å². The molecule has 1 aliphatic heterocycles. The third kappa shape index (κ3) is 3.49. The molecule has 1 aliphatic rings. The smallest absolute Gasteiger partial charge is 0.245 e.